The fourth-order valence-electron chi connectivity index (χ4n) is 2.51. The number of carbonyl (C=O) groups is 2. The Hall–Kier alpha value is -3.16. The third-order valence-electron chi connectivity index (χ3n) is 3.83. The van der Waals surface area contributed by atoms with Crippen LogP contribution >= 0.6 is 23.2 Å². The molecule has 0 aliphatic heterocycles. The summed E-state index contributed by atoms with van der Waals surface area (Å²) >= 11 is 11.8. The summed E-state index contributed by atoms with van der Waals surface area (Å²) in [5.74, 6) is -0.394. The second kappa shape index (κ2) is 9.36. The van der Waals surface area contributed by atoms with Crippen molar-refractivity contribution in [3.63, 3.8) is 0 Å². The van der Waals surface area contributed by atoms with Crippen molar-refractivity contribution in [2.75, 3.05) is 16.0 Å². The van der Waals surface area contributed by atoms with E-state index in [1.54, 1.807) is 18.2 Å². The molecule has 29 heavy (non-hydrogen) atoms. The average molecular weight is 430 g/mol. The Morgan fingerprint density at radius 1 is 0.931 bits per heavy atom. The number of nitrogens with one attached hydrogen (secondary N) is 3. The molecule has 0 radical (unpaired) electrons. The molecule has 3 aromatic rings. The van der Waals surface area contributed by atoms with Crippen LogP contribution < -0.4 is 16.0 Å². The summed E-state index contributed by atoms with van der Waals surface area (Å²) in [5.41, 5.74) is 2.65. The number of hydrogen-bond donors (Lipinski definition) is 3. The summed E-state index contributed by atoms with van der Waals surface area (Å²) in [6.45, 7) is 1.93. The predicted octanol–water partition coefficient (Wildman–Crippen LogP) is 4.61. The standard InChI is InChI=1S/C20H17Cl2N5O2/c1-12(28)26-16-5-2-13(3-6-16)9-23-18-7-4-14(21)8-17(18)19(29)27-20-24-10-15(22)11-25-20/h2-8,10-11,23H,9H2,1H3,(H,26,28)(H,24,25,27,29). The number of anilines is 3. The summed E-state index contributed by atoms with van der Waals surface area (Å²) in [6, 6.07) is 12.4. The van der Waals surface area contributed by atoms with Gasteiger partial charge in [0.1, 0.15) is 0 Å². The molecule has 7 nitrogen and oxygen atoms in total. The Kier molecular flexibility index (Phi) is 6.64. The van der Waals surface area contributed by atoms with Crippen molar-refractivity contribution in [1.29, 1.82) is 0 Å². The molecule has 1 aromatic heterocycles. The van der Waals surface area contributed by atoms with E-state index in [-0.39, 0.29) is 11.9 Å². The summed E-state index contributed by atoms with van der Waals surface area (Å²) < 4.78 is 0. The smallest absolute Gasteiger partial charge is 0.260 e. The third kappa shape index (κ3) is 5.91. The Bertz CT molecular complexity index is 1020. The van der Waals surface area contributed by atoms with E-state index in [4.69, 9.17) is 23.2 Å². The highest BCUT2D eigenvalue weighted by Crippen LogP contribution is 2.23. The van der Waals surface area contributed by atoms with Crippen LogP contribution in [0.3, 0.4) is 0 Å². The molecule has 0 fully saturated rings. The Balaban J connectivity index is 1.72. The maximum Gasteiger partial charge on any atom is 0.260 e. The van der Waals surface area contributed by atoms with Crippen molar-refractivity contribution < 1.29 is 9.59 Å². The van der Waals surface area contributed by atoms with Gasteiger partial charge in [-0.15, -0.1) is 0 Å². The molecule has 9 heteroatoms. The molecule has 3 rings (SSSR count). The van der Waals surface area contributed by atoms with Gasteiger partial charge in [0.2, 0.25) is 11.9 Å². The van der Waals surface area contributed by atoms with Gasteiger partial charge in [0.25, 0.3) is 5.91 Å². The van der Waals surface area contributed by atoms with Crippen LogP contribution in [-0.2, 0) is 11.3 Å². The zero-order valence-corrected chi connectivity index (χ0v) is 16.9. The van der Waals surface area contributed by atoms with E-state index < -0.39 is 5.91 Å². The van der Waals surface area contributed by atoms with Gasteiger partial charge < -0.3 is 10.6 Å². The quantitative estimate of drug-likeness (QED) is 0.531. The second-order valence-corrected chi connectivity index (χ2v) is 6.97. The lowest BCUT2D eigenvalue weighted by atomic mass is 10.1. The molecule has 2 amide bonds. The predicted molar refractivity (Wildman–Crippen MR) is 115 cm³/mol. The summed E-state index contributed by atoms with van der Waals surface area (Å²) in [4.78, 5) is 31.7. The number of halogens is 2. The van der Waals surface area contributed by atoms with Gasteiger partial charge in [0.15, 0.2) is 0 Å². The zero-order valence-electron chi connectivity index (χ0n) is 15.4. The number of carbonyl (C=O) groups excluding carboxylic acids is 2. The maximum atomic E-state index is 12.7. The number of hydrogen-bond acceptors (Lipinski definition) is 5. The topological polar surface area (TPSA) is 96.0 Å². The van der Waals surface area contributed by atoms with Crippen LogP contribution in [0.5, 0.6) is 0 Å². The van der Waals surface area contributed by atoms with Gasteiger partial charge >= 0.3 is 0 Å². The van der Waals surface area contributed by atoms with Gasteiger partial charge in [-0.2, -0.15) is 0 Å². The number of rotatable bonds is 6. The van der Waals surface area contributed by atoms with Crippen LogP contribution in [0.4, 0.5) is 17.3 Å². The molecule has 0 saturated heterocycles. The van der Waals surface area contributed by atoms with Crippen LogP contribution in [0.25, 0.3) is 0 Å². The molecule has 148 valence electrons. The van der Waals surface area contributed by atoms with Gasteiger partial charge in [-0.1, -0.05) is 35.3 Å². The third-order valence-corrected chi connectivity index (χ3v) is 4.26. The molecule has 3 N–H and O–H groups in total. The first-order chi connectivity index (χ1) is 13.9. The second-order valence-electron chi connectivity index (χ2n) is 6.10. The average Bonchev–Trinajstić information content (AvgIpc) is 2.69. The largest absolute Gasteiger partial charge is 0.380 e. The van der Waals surface area contributed by atoms with E-state index in [1.807, 2.05) is 24.3 Å². The Morgan fingerprint density at radius 2 is 1.62 bits per heavy atom. The molecule has 0 atom stereocenters. The molecule has 0 saturated carbocycles. The van der Waals surface area contributed by atoms with Gasteiger partial charge in [0, 0.05) is 29.9 Å². The lowest BCUT2D eigenvalue weighted by Crippen LogP contribution is -2.16. The van der Waals surface area contributed by atoms with Crippen molar-refractivity contribution in [2.45, 2.75) is 13.5 Å². The Morgan fingerprint density at radius 3 is 2.28 bits per heavy atom. The lowest BCUT2D eigenvalue weighted by Gasteiger charge is -2.13. The fraction of sp³-hybridized carbons (Fsp3) is 0.100. The molecule has 2 aromatic carbocycles. The minimum Gasteiger partial charge on any atom is -0.380 e. The number of aromatic nitrogens is 2. The zero-order chi connectivity index (χ0) is 20.8. The maximum absolute atomic E-state index is 12.7. The van der Waals surface area contributed by atoms with E-state index in [9.17, 15) is 9.59 Å². The summed E-state index contributed by atoms with van der Waals surface area (Å²) in [7, 11) is 0. The number of amides is 2. The highest BCUT2D eigenvalue weighted by molar-refractivity contribution is 6.31. The van der Waals surface area contributed by atoms with Gasteiger partial charge in [-0.3, -0.25) is 14.9 Å². The van der Waals surface area contributed by atoms with E-state index in [0.717, 1.165) is 11.3 Å². The highest BCUT2D eigenvalue weighted by Gasteiger charge is 2.14. The van der Waals surface area contributed by atoms with Gasteiger partial charge in [-0.25, -0.2) is 9.97 Å². The van der Waals surface area contributed by atoms with Crippen molar-refractivity contribution in [2.24, 2.45) is 0 Å². The first-order valence-electron chi connectivity index (χ1n) is 8.59. The van der Waals surface area contributed by atoms with Crippen LogP contribution in [0.15, 0.2) is 54.9 Å². The van der Waals surface area contributed by atoms with Crippen molar-refractivity contribution in [3.8, 4) is 0 Å². The molecule has 0 aliphatic rings. The van der Waals surface area contributed by atoms with E-state index >= 15 is 0 Å². The first kappa shape index (κ1) is 20.6. The number of benzene rings is 2. The van der Waals surface area contributed by atoms with E-state index in [2.05, 4.69) is 25.9 Å². The monoisotopic (exact) mass is 429 g/mol. The minimum absolute atomic E-state index is 0.127. The number of nitrogens with zero attached hydrogens (tertiary/aromatic N) is 2. The fourth-order valence-corrected chi connectivity index (χ4v) is 2.78. The van der Waals surface area contributed by atoms with Crippen LogP contribution in [-0.4, -0.2) is 21.8 Å². The summed E-state index contributed by atoms with van der Waals surface area (Å²) in [5, 5.41) is 9.36. The van der Waals surface area contributed by atoms with Crippen LogP contribution in [0.1, 0.15) is 22.8 Å². The first-order valence-corrected chi connectivity index (χ1v) is 9.35. The van der Waals surface area contributed by atoms with E-state index in [1.165, 1.54) is 19.3 Å². The van der Waals surface area contributed by atoms with Crippen LogP contribution in [0.2, 0.25) is 10.0 Å². The normalized spacial score (nSPS) is 10.3. The van der Waals surface area contributed by atoms with Crippen molar-refractivity contribution in [1.82, 2.24) is 9.97 Å². The minimum atomic E-state index is -0.404. The van der Waals surface area contributed by atoms with Crippen LogP contribution in [0, 0.1) is 0 Å². The molecule has 0 aliphatic carbocycles. The van der Waals surface area contributed by atoms with Gasteiger partial charge in [-0.05, 0) is 35.9 Å². The van der Waals surface area contributed by atoms with E-state index in [0.29, 0.717) is 27.8 Å². The molecule has 0 unspecified atom stereocenters. The summed E-state index contributed by atoms with van der Waals surface area (Å²) in [6.07, 6.45) is 2.79. The molecular weight excluding hydrogens is 413 g/mol. The van der Waals surface area contributed by atoms with Crippen molar-refractivity contribution in [3.05, 3.63) is 76.0 Å². The van der Waals surface area contributed by atoms with Crippen molar-refractivity contribution >= 4 is 52.3 Å². The molecular formula is C20H17Cl2N5O2. The van der Waals surface area contributed by atoms with Gasteiger partial charge in [0.05, 0.1) is 23.0 Å². The molecule has 1 heterocycles. The highest BCUT2D eigenvalue weighted by atomic mass is 35.5. The Labute approximate surface area is 177 Å². The molecule has 0 bridgehead atoms. The lowest BCUT2D eigenvalue weighted by molar-refractivity contribution is -0.114. The molecule has 0 spiro atoms. The SMILES string of the molecule is CC(=O)Nc1ccc(CNc2ccc(Cl)cc2C(=O)Nc2ncc(Cl)cn2)cc1.